The predicted octanol–water partition coefficient (Wildman–Crippen LogP) is 6.28. The zero-order chi connectivity index (χ0) is 16.9. The number of ether oxygens (including phenoxy) is 1. The normalized spacial score (nSPS) is 10.5. The van der Waals surface area contributed by atoms with Crippen LogP contribution in [-0.2, 0) is 6.54 Å². The molecule has 0 unspecified atom stereocenters. The van der Waals surface area contributed by atoms with Crippen molar-refractivity contribution in [2.75, 3.05) is 12.4 Å². The van der Waals surface area contributed by atoms with Gasteiger partial charge in [0.15, 0.2) is 0 Å². The molecule has 24 heavy (non-hydrogen) atoms. The first kappa shape index (κ1) is 16.7. The van der Waals surface area contributed by atoms with Crippen molar-refractivity contribution in [3.05, 3.63) is 82.3 Å². The Labute approximate surface area is 152 Å². The third-order valence-corrected chi connectivity index (χ3v) is 4.51. The molecular formula is C20H17Cl2NO. The summed E-state index contributed by atoms with van der Waals surface area (Å²) >= 11 is 12.0. The van der Waals surface area contributed by atoms with Gasteiger partial charge in [-0.05, 0) is 41.0 Å². The van der Waals surface area contributed by atoms with Gasteiger partial charge in [0.05, 0.1) is 22.8 Å². The summed E-state index contributed by atoms with van der Waals surface area (Å²) in [7, 11) is 1.67. The summed E-state index contributed by atoms with van der Waals surface area (Å²) in [6.45, 7) is 0.630. The van der Waals surface area contributed by atoms with Crippen molar-refractivity contribution in [3.8, 4) is 16.9 Å². The summed E-state index contributed by atoms with van der Waals surface area (Å²) < 4.78 is 5.46. The highest BCUT2D eigenvalue weighted by Gasteiger charge is 2.07. The minimum atomic E-state index is 0.556. The number of nitrogens with one attached hydrogen (secondary N) is 1. The van der Waals surface area contributed by atoms with Gasteiger partial charge in [0.1, 0.15) is 5.75 Å². The maximum absolute atomic E-state index is 6.07. The van der Waals surface area contributed by atoms with Crippen LogP contribution in [0.25, 0.3) is 11.1 Å². The number of benzene rings is 3. The SMILES string of the molecule is COc1ccc(-c2ccccc2)cc1NCc1ccc(Cl)c(Cl)c1. The van der Waals surface area contributed by atoms with Crippen molar-refractivity contribution in [2.45, 2.75) is 6.54 Å². The summed E-state index contributed by atoms with van der Waals surface area (Å²) in [4.78, 5) is 0. The number of hydrogen-bond donors (Lipinski definition) is 1. The average molecular weight is 358 g/mol. The van der Waals surface area contributed by atoms with E-state index in [4.69, 9.17) is 27.9 Å². The van der Waals surface area contributed by atoms with Crippen molar-refractivity contribution in [2.24, 2.45) is 0 Å². The maximum atomic E-state index is 6.07. The lowest BCUT2D eigenvalue weighted by molar-refractivity contribution is 0.416. The van der Waals surface area contributed by atoms with Crippen LogP contribution in [0.5, 0.6) is 5.75 Å². The summed E-state index contributed by atoms with van der Waals surface area (Å²) in [6, 6.07) is 22.0. The van der Waals surface area contributed by atoms with Gasteiger partial charge in [-0.3, -0.25) is 0 Å². The monoisotopic (exact) mass is 357 g/mol. The second-order valence-electron chi connectivity index (χ2n) is 5.38. The molecule has 3 rings (SSSR count). The van der Waals surface area contributed by atoms with Crippen molar-refractivity contribution in [1.29, 1.82) is 0 Å². The second-order valence-corrected chi connectivity index (χ2v) is 6.20. The maximum Gasteiger partial charge on any atom is 0.141 e. The fourth-order valence-corrected chi connectivity index (χ4v) is 2.82. The van der Waals surface area contributed by atoms with Gasteiger partial charge in [0, 0.05) is 6.54 Å². The highest BCUT2D eigenvalue weighted by molar-refractivity contribution is 6.42. The first-order chi connectivity index (χ1) is 11.7. The van der Waals surface area contributed by atoms with Crippen LogP contribution >= 0.6 is 23.2 Å². The Morgan fingerprint density at radius 3 is 2.33 bits per heavy atom. The van der Waals surface area contributed by atoms with Crippen molar-refractivity contribution >= 4 is 28.9 Å². The van der Waals surface area contributed by atoms with Gasteiger partial charge >= 0.3 is 0 Å². The molecule has 0 spiro atoms. The van der Waals surface area contributed by atoms with Crippen LogP contribution in [-0.4, -0.2) is 7.11 Å². The number of anilines is 1. The lowest BCUT2D eigenvalue weighted by Gasteiger charge is -2.13. The molecule has 0 aliphatic rings. The van der Waals surface area contributed by atoms with Crippen LogP contribution < -0.4 is 10.1 Å². The molecule has 0 heterocycles. The molecule has 122 valence electrons. The van der Waals surface area contributed by atoms with Gasteiger partial charge in [-0.2, -0.15) is 0 Å². The van der Waals surface area contributed by atoms with Crippen LogP contribution in [0.4, 0.5) is 5.69 Å². The van der Waals surface area contributed by atoms with Gasteiger partial charge in [0.25, 0.3) is 0 Å². The Bertz CT molecular complexity index is 834. The lowest BCUT2D eigenvalue weighted by atomic mass is 10.0. The molecule has 2 nitrogen and oxygen atoms in total. The Hall–Kier alpha value is -2.16. The van der Waals surface area contributed by atoms with E-state index >= 15 is 0 Å². The quantitative estimate of drug-likeness (QED) is 0.579. The van der Waals surface area contributed by atoms with Gasteiger partial charge in [-0.25, -0.2) is 0 Å². The molecule has 1 N–H and O–H groups in total. The van der Waals surface area contributed by atoms with Crippen molar-refractivity contribution in [3.63, 3.8) is 0 Å². The van der Waals surface area contributed by atoms with Gasteiger partial charge in [-0.1, -0.05) is 65.7 Å². The highest BCUT2D eigenvalue weighted by atomic mass is 35.5. The second kappa shape index (κ2) is 7.61. The Morgan fingerprint density at radius 1 is 0.833 bits per heavy atom. The molecule has 0 saturated carbocycles. The molecule has 0 saturated heterocycles. The van der Waals surface area contributed by atoms with Crippen molar-refractivity contribution in [1.82, 2.24) is 0 Å². The van der Waals surface area contributed by atoms with Crippen LogP contribution in [0, 0.1) is 0 Å². The molecule has 0 atom stereocenters. The summed E-state index contributed by atoms with van der Waals surface area (Å²) in [6.07, 6.45) is 0. The average Bonchev–Trinajstić information content (AvgIpc) is 2.63. The molecule has 0 amide bonds. The highest BCUT2D eigenvalue weighted by Crippen LogP contribution is 2.31. The van der Waals surface area contributed by atoms with Gasteiger partial charge in [0.2, 0.25) is 0 Å². The van der Waals surface area contributed by atoms with Crippen LogP contribution in [0.15, 0.2) is 66.7 Å². The van der Waals surface area contributed by atoms with Crippen LogP contribution in [0.1, 0.15) is 5.56 Å². The summed E-state index contributed by atoms with van der Waals surface area (Å²) in [5.74, 6) is 0.801. The number of methoxy groups -OCH3 is 1. The zero-order valence-electron chi connectivity index (χ0n) is 13.2. The minimum absolute atomic E-state index is 0.556. The van der Waals surface area contributed by atoms with E-state index in [0.29, 0.717) is 16.6 Å². The van der Waals surface area contributed by atoms with Gasteiger partial charge in [-0.15, -0.1) is 0 Å². The van der Waals surface area contributed by atoms with E-state index in [1.165, 1.54) is 0 Å². The Balaban J connectivity index is 1.84. The lowest BCUT2D eigenvalue weighted by Crippen LogP contribution is -2.01. The van der Waals surface area contributed by atoms with E-state index in [1.807, 2.05) is 36.4 Å². The standard InChI is InChI=1S/C20H17Cl2NO/c1-24-20-10-8-16(15-5-3-2-4-6-15)12-19(20)23-13-14-7-9-17(21)18(22)11-14/h2-12,23H,13H2,1H3. The summed E-state index contributed by atoms with van der Waals surface area (Å²) in [5, 5.41) is 4.53. The molecule has 0 radical (unpaired) electrons. The third-order valence-electron chi connectivity index (χ3n) is 3.77. The first-order valence-electron chi connectivity index (χ1n) is 7.58. The van der Waals surface area contributed by atoms with E-state index in [9.17, 15) is 0 Å². The van der Waals surface area contributed by atoms with Crippen molar-refractivity contribution < 1.29 is 4.74 Å². The molecular weight excluding hydrogens is 341 g/mol. The van der Waals surface area contributed by atoms with E-state index in [1.54, 1.807) is 13.2 Å². The molecule has 0 fully saturated rings. The number of rotatable bonds is 5. The molecule has 3 aromatic rings. The molecule has 3 aromatic carbocycles. The molecule has 0 bridgehead atoms. The van der Waals surface area contributed by atoms with E-state index in [2.05, 4.69) is 29.6 Å². The Kier molecular flexibility index (Phi) is 5.29. The number of halogens is 2. The fourth-order valence-electron chi connectivity index (χ4n) is 2.50. The summed E-state index contributed by atoms with van der Waals surface area (Å²) in [5.41, 5.74) is 4.28. The Morgan fingerprint density at radius 2 is 1.62 bits per heavy atom. The first-order valence-corrected chi connectivity index (χ1v) is 8.34. The molecule has 4 heteroatoms. The van der Waals surface area contributed by atoms with E-state index in [-0.39, 0.29) is 0 Å². The van der Waals surface area contributed by atoms with Crippen LogP contribution in [0.3, 0.4) is 0 Å². The fraction of sp³-hybridized carbons (Fsp3) is 0.100. The van der Waals surface area contributed by atoms with E-state index in [0.717, 1.165) is 28.1 Å². The van der Waals surface area contributed by atoms with Crippen LogP contribution in [0.2, 0.25) is 10.0 Å². The minimum Gasteiger partial charge on any atom is -0.495 e. The third kappa shape index (κ3) is 3.84. The molecule has 0 aliphatic heterocycles. The predicted molar refractivity (Wildman–Crippen MR) is 102 cm³/mol. The zero-order valence-corrected chi connectivity index (χ0v) is 14.7. The number of hydrogen-bond acceptors (Lipinski definition) is 2. The van der Waals surface area contributed by atoms with E-state index < -0.39 is 0 Å². The van der Waals surface area contributed by atoms with Gasteiger partial charge < -0.3 is 10.1 Å². The molecule has 0 aromatic heterocycles. The largest absolute Gasteiger partial charge is 0.495 e. The topological polar surface area (TPSA) is 21.3 Å². The smallest absolute Gasteiger partial charge is 0.141 e. The molecule has 0 aliphatic carbocycles.